The summed E-state index contributed by atoms with van der Waals surface area (Å²) < 4.78 is 4.93. The molecule has 0 aliphatic carbocycles. The average Bonchev–Trinajstić information content (AvgIpc) is 2.93. The molecular formula is C13H13N5O2S. The Kier molecular flexibility index (Phi) is 5.20. The van der Waals surface area contributed by atoms with Crippen LogP contribution in [0, 0.1) is 11.3 Å². The van der Waals surface area contributed by atoms with E-state index in [-0.39, 0.29) is 12.5 Å². The van der Waals surface area contributed by atoms with Crippen LogP contribution in [-0.4, -0.2) is 29.8 Å². The smallest absolute Gasteiger partial charge is 0.245 e. The van der Waals surface area contributed by atoms with Gasteiger partial charge in [-0.05, 0) is 18.2 Å². The van der Waals surface area contributed by atoms with Crippen molar-refractivity contribution in [3.05, 3.63) is 34.8 Å². The number of aromatic nitrogens is 2. The van der Waals surface area contributed by atoms with Crippen LogP contribution in [0.4, 0.5) is 10.8 Å². The second kappa shape index (κ2) is 7.33. The molecule has 21 heavy (non-hydrogen) atoms. The molecule has 8 heteroatoms. The van der Waals surface area contributed by atoms with Crippen molar-refractivity contribution in [1.29, 1.82) is 5.26 Å². The van der Waals surface area contributed by atoms with Crippen LogP contribution in [-0.2, 0) is 16.1 Å². The number of nitriles is 1. The lowest BCUT2D eigenvalue weighted by Gasteiger charge is -2.05. The van der Waals surface area contributed by atoms with E-state index in [1.165, 1.54) is 11.3 Å². The average molecular weight is 303 g/mol. The molecule has 0 saturated carbocycles. The number of rotatable bonds is 6. The molecule has 1 amide bonds. The maximum absolute atomic E-state index is 11.8. The second-order valence-corrected chi connectivity index (χ2v) is 5.09. The highest BCUT2D eigenvalue weighted by atomic mass is 32.1. The minimum atomic E-state index is -0.238. The Morgan fingerprint density at radius 2 is 2.33 bits per heavy atom. The fraction of sp³-hybridized carbons (Fsp3) is 0.231. The van der Waals surface area contributed by atoms with Crippen molar-refractivity contribution in [2.75, 3.05) is 24.3 Å². The molecule has 0 saturated heterocycles. The minimum absolute atomic E-state index is 0.0775. The number of ether oxygens (including phenoxy) is 1. The number of nitrogens with zero attached hydrogens (tertiary/aromatic N) is 3. The highest BCUT2D eigenvalue weighted by Gasteiger charge is 2.08. The monoisotopic (exact) mass is 303 g/mol. The standard InChI is InChI=1S/C13H13N5O2S/c1-20-8-12-17-18-13(21-12)16-11(19)7-15-10-4-2-3-9(5-10)6-14/h2-5,15H,7-8H2,1H3,(H,16,18,19). The van der Waals surface area contributed by atoms with Gasteiger partial charge in [-0.2, -0.15) is 5.26 Å². The number of carbonyl (C=O) groups excluding carboxylic acids is 1. The number of hydrogen-bond donors (Lipinski definition) is 2. The third-order valence-electron chi connectivity index (χ3n) is 2.43. The molecule has 7 nitrogen and oxygen atoms in total. The molecule has 2 rings (SSSR count). The van der Waals surface area contributed by atoms with Gasteiger partial charge in [0.25, 0.3) is 0 Å². The molecule has 0 aliphatic rings. The van der Waals surface area contributed by atoms with E-state index < -0.39 is 0 Å². The van der Waals surface area contributed by atoms with Crippen LogP contribution in [0.3, 0.4) is 0 Å². The van der Waals surface area contributed by atoms with E-state index in [0.29, 0.717) is 28.0 Å². The Morgan fingerprint density at radius 3 is 3.10 bits per heavy atom. The first kappa shape index (κ1) is 14.9. The van der Waals surface area contributed by atoms with Crippen molar-refractivity contribution in [2.45, 2.75) is 6.61 Å². The van der Waals surface area contributed by atoms with Crippen molar-refractivity contribution >= 4 is 28.1 Å². The van der Waals surface area contributed by atoms with Gasteiger partial charge in [0.15, 0.2) is 0 Å². The number of nitrogens with one attached hydrogen (secondary N) is 2. The summed E-state index contributed by atoms with van der Waals surface area (Å²) in [5.41, 5.74) is 1.25. The molecule has 0 atom stereocenters. The van der Waals surface area contributed by atoms with Crippen LogP contribution in [0.15, 0.2) is 24.3 Å². The maximum Gasteiger partial charge on any atom is 0.245 e. The van der Waals surface area contributed by atoms with E-state index in [2.05, 4.69) is 20.8 Å². The van der Waals surface area contributed by atoms with Gasteiger partial charge in [-0.1, -0.05) is 17.4 Å². The molecule has 108 valence electrons. The Hall–Kier alpha value is -2.50. The topological polar surface area (TPSA) is 99.9 Å². The first-order chi connectivity index (χ1) is 10.2. The molecule has 0 unspecified atom stereocenters. The fourth-order valence-electron chi connectivity index (χ4n) is 1.53. The summed E-state index contributed by atoms with van der Waals surface area (Å²) in [7, 11) is 1.57. The lowest BCUT2D eigenvalue weighted by molar-refractivity contribution is -0.114. The van der Waals surface area contributed by atoms with Crippen molar-refractivity contribution in [3.8, 4) is 6.07 Å². The van der Waals surface area contributed by atoms with Gasteiger partial charge >= 0.3 is 0 Å². The summed E-state index contributed by atoms with van der Waals surface area (Å²) in [4.78, 5) is 11.8. The number of methoxy groups -OCH3 is 1. The van der Waals surface area contributed by atoms with Gasteiger partial charge in [0, 0.05) is 12.8 Å². The SMILES string of the molecule is COCc1nnc(NC(=O)CNc2cccc(C#N)c2)s1. The second-order valence-electron chi connectivity index (χ2n) is 4.03. The number of carbonyl (C=O) groups is 1. The lowest BCUT2D eigenvalue weighted by Crippen LogP contribution is -2.21. The van der Waals surface area contributed by atoms with Crippen LogP contribution in [0.25, 0.3) is 0 Å². The highest BCUT2D eigenvalue weighted by Crippen LogP contribution is 2.15. The molecule has 1 aromatic heterocycles. The molecule has 0 aliphatic heterocycles. The van der Waals surface area contributed by atoms with E-state index in [4.69, 9.17) is 10.00 Å². The minimum Gasteiger partial charge on any atom is -0.377 e. The molecule has 0 bridgehead atoms. The van der Waals surface area contributed by atoms with Crippen molar-refractivity contribution in [3.63, 3.8) is 0 Å². The number of anilines is 2. The fourth-order valence-corrected chi connectivity index (χ4v) is 2.26. The van der Waals surface area contributed by atoms with E-state index in [1.54, 1.807) is 31.4 Å². The molecular weight excluding hydrogens is 290 g/mol. The van der Waals surface area contributed by atoms with Crippen LogP contribution in [0.2, 0.25) is 0 Å². The Balaban J connectivity index is 1.85. The largest absolute Gasteiger partial charge is 0.377 e. The predicted molar refractivity (Wildman–Crippen MR) is 78.9 cm³/mol. The molecule has 2 N–H and O–H groups in total. The highest BCUT2D eigenvalue weighted by molar-refractivity contribution is 7.15. The quantitative estimate of drug-likeness (QED) is 0.841. The molecule has 2 aromatic rings. The first-order valence-electron chi connectivity index (χ1n) is 6.06. The summed E-state index contributed by atoms with van der Waals surface area (Å²) in [5, 5.41) is 23.2. The Bertz CT molecular complexity index is 665. The third kappa shape index (κ3) is 4.52. The van der Waals surface area contributed by atoms with Gasteiger partial charge in [-0.15, -0.1) is 10.2 Å². The van der Waals surface area contributed by atoms with E-state index in [1.807, 2.05) is 6.07 Å². The zero-order chi connectivity index (χ0) is 15.1. The van der Waals surface area contributed by atoms with Crippen LogP contribution >= 0.6 is 11.3 Å². The lowest BCUT2D eigenvalue weighted by atomic mass is 10.2. The third-order valence-corrected chi connectivity index (χ3v) is 3.24. The summed E-state index contributed by atoms with van der Waals surface area (Å²) >= 11 is 1.26. The number of amides is 1. The van der Waals surface area contributed by atoms with Crippen LogP contribution in [0.1, 0.15) is 10.6 Å². The van der Waals surface area contributed by atoms with Gasteiger partial charge in [0.1, 0.15) is 11.6 Å². The van der Waals surface area contributed by atoms with Crippen LogP contribution in [0.5, 0.6) is 0 Å². The summed E-state index contributed by atoms with van der Waals surface area (Å²) in [6.45, 7) is 0.445. The Labute approximate surface area is 125 Å². The zero-order valence-corrected chi connectivity index (χ0v) is 12.1. The number of benzene rings is 1. The van der Waals surface area contributed by atoms with Crippen molar-refractivity contribution < 1.29 is 9.53 Å². The number of hydrogen-bond acceptors (Lipinski definition) is 7. The normalized spacial score (nSPS) is 9.90. The van der Waals surface area contributed by atoms with Gasteiger partial charge in [0.05, 0.1) is 18.2 Å². The molecule has 1 heterocycles. The summed E-state index contributed by atoms with van der Waals surface area (Å²) in [5.74, 6) is -0.238. The molecule has 0 spiro atoms. The zero-order valence-electron chi connectivity index (χ0n) is 11.3. The van der Waals surface area contributed by atoms with Crippen molar-refractivity contribution in [1.82, 2.24) is 10.2 Å². The van der Waals surface area contributed by atoms with Gasteiger partial charge in [-0.25, -0.2) is 0 Å². The first-order valence-corrected chi connectivity index (χ1v) is 6.88. The van der Waals surface area contributed by atoms with E-state index in [9.17, 15) is 4.79 Å². The predicted octanol–water partition coefficient (Wildman–Crippen LogP) is 1.61. The van der Waals surface area contributed by atoms with E-state index in [0.717, 1.165) is 0 Å². The summed E-state index contributed by atoms with van der Waals surface area (Å²) in [6.07, 6.45) is 0. The molecule has 0 radical (unpaired) electrons. The molecule has 1 aromatic carbocycles. The van der Waals surface area contributed by atoms with Crippen LogP contribution < -0.4 is 10.6 Å². The van der Waals surface area contributed by atoms with Gasteiger partial charge in [0.2, 0.25) is 11.0 Å². The summed E-state index contributed by atoms with van der Waals surface area (Å²) in [6, 6.07) is 8.95. The molecule has 0 fully saturated rings. The maximum atomic E-state index is 11.8. The van der Waals surface area contributed by atoms with Gasteiger partial charge < -0.3 is 10.1 Å². The van der Waals surface area contributed by atoms with Crippen molar-refractivity contribution in [2.24, 2.45) is 0 Å². The van der Waals surface area contributed by atoms with Gasteiger partial charge in [-0.3, -0.25) is 10.1 Å². The van der Waals surface area contributed by atoms with E-state index >= 15 is 0 Å². The Morgan fingerprint density at radius 1 is 1.48 bits per heavy atom.